The number of nitrogens with two attached hydrogens (primary N) is 1. The Kier molecular flexibility index (Phi) is 4.43. The molecule has 0 amide bonds. The van der Waals surface area contributed by atoms with Crippen LogP contribution in [0.1, 0.15) is 26.2 Å². The molecule has 2 N–H and O–H groups in total. The Hall–Kier alpha value is -0.330. The summed E-state index contributed by atoms with van der Waals surface area (Å²) < 4.78 is 0.972. The minimum Gasteiger partial charge on any atom is -0.374 e. The largest absolute Gasteiger partial charge is 0.374 e. The number of thioether (sulfide) groups is 1. The zero-order chi connectivity index (χ0) is 11.4. The van der Waals surface area contributed by atoms with E-state index < -0.39 is 0 Å². The van der Waals surface area contributed by atoms with E-state index in [0.29, 0.717) is 5.13 Å². The van der Waals surface area contributed by atoms with E-state index in [4.69, 9.17) is 5.73 Å². The Bertz CT molecular complexity index is 320. The molecule has 0 aliphatic carbocycles. The monoisotopic (exact) mass is 258 g/mol. The third-order valence-corrected chi connectivity index (χ3v) is 4.75. The van der Waals surface area contributed by atoms with Crippen molar-refractivity contribution in [1.82, 2.24) is 15.1 Å². The van der Waals surface area contributed by atoms with Gasteiger partial charge in [0.2, 0.25) is 5.13 Å². The summed E-state index contributed by atoms with van der Waals surface area (Å²) in [4.78, 5) is 2.53. The zero-order valence-corrected chi connectivity index (χ0v) is 11.2. The first-order valence-corrected chi connectivity index (χ1v) is 7.55. The summed E-state index contributed by atoms with van der Waals surface area (Å²) in [5, 5.41) is 8.11. The topological polar surface area (TPSA) is 54.8 Å². The van der Waals surface area contributed by atoms with Crippen LogP contribution in [0, 0.1) is 0 Å². The molecular weight excluding hydrogens is 240 g/mol. The van der Waals surface area contributed by atoms with E-state index in [2.05, 4.69) is 22.0 Å². The fraction of sp³-hybridized carbons (Fsp3) is 0.800. The highest BCUT2D eigenvalue weighted by molar-refractivity contribution is 8.01. The number of hydrogen-bond donors (Lipinski definition) is 1. The van der Waals surface area contributed by atoms with Crippen molar-refractivity contribution in [3.05, 3.63) is 0 Å². The third kappa shape index (κ3) is 3.61. The first-order valence-electron chi connectivity index (χ1n) is 5.75. The fourth-order valence-electron chi connectivity index (χ4n) is 1.77. The second-order valence-corrected chi connectivity index (χ2v) is 6.40. The van der Waals surface area contributed by atoms with Crippen LogP contribution in [0.25, 0.3) is 0 Å². The summed E-state index contributed by atoms with van der Waals surface area (Å²) in [7, 11) is 0. The summed E-state index contributed by atoms with van der Waals surface area (Å²) in [6.45, 7) is 4.95. The third-order valence-electron chi connectivity index (χ3n) is 2.66. The minimum absolute atomic E-state index is 0.554. The van der Waals surface area contributed by atoms with Crippen LogP contribution in [0.2, 0.25) is 0 Å². The Labute approximate surface area is 105 Å². The molecule has 2 aliphatic rings. The summed E-state index contributed by atoms with van der Waals surface area (Å²) in [6.07, 6.45) is 4.11. The van der Waals surface area contributed by atoms with Gasteiger partial charge >= 0.3 is 0 Å². The van der Waals surface area contributed by atoms with Crippen molar-refractivity contribution >= 4 is 28.2 Å². The Morgan fingerprint density at radius 2 is 2.44 bits per heavy atom. The first-order chi connectivity index (χ1) is 7.79. The molecule has 2 unspecified atom stereocenters. The van der Waals surface area contributed by atoms with Crippen molar-refractivity contribution in [2.75, 3.05) is 24.6 Å². The van der Waals surface area contributed by atoms with Crippen LogP contribution in [0.3, 0.4) is 0 Å². The SMILES string of the molecule is C1CC2CN2C1.CCCSc1nnc(N)s1. The molecule has 4 nitrogen and oxygen atoms in total. The van der Waals surface area contributed by atoms with Gasteiger partial charge in [-0.3, -0.25) is 4.90 Å². The zero-order valence-electron chi connectivity index (χ0n) is 9.56. The molecule has 0 saturated carbocycles. The predicted octanol–water partition coefficient (Wildman–Crippen LogP) is 2.09. The Morgan fingerprint density at radius 3 is 2.81 bits per heavy atom. The lowest BCUT2D eigenvalue weighted by molar-refractivity contribution is 0.593. The standard InChI is InChI=1S/C5H9N3S2.C5H9N/c1-2-3-9-5-8-7-4(6)10-5;1-2-5-4-6(5)3-1/h2-3H2,1H3,(H2,6,7);5H,1-4H2. The lowest BCUT2D eigenvalue weighted by Crippen LogP contribution is -1.90. The average Bonchev–Trinajstić information content (AvgIpc) is 2.72. The number of fused-ring (bicyclic) bond motifs is 1. The van der Waals surface area contributed by atoms with Gasteiger partial charge in [0.15, 0.2) is 4.34 Å². The number of anilines is 1. The van der Waals surface area contributed by atoms with Crippen molar-refractivity contribution < 1.29 is 0 Å². The second-order valence-electron chi connectivity index (χ2n) is 4.05. The summed E-state index contributed by atoms with van der Waals surface area (Å²) in [5.41, 5.74) is 5.38. The highest BCUT2D eigenvalue weighted by Gasteiger charge is 2.37. The van der Waals surface area contributed by atoms with Gasteiger partial charge in [0.05, 0.1) is 0 Å². The van der Waals surface area contributed by atoms with Crippen LogP contribution in [0.5, 0.6) is 0 Å². The number of rotatable bonds is 3. The van der Waals surface area contributed by atoms with E-state index in [1.807, 2.05) is 0 Å². The lowest BCUT2D eigenvalue weighted by atomic mass is 10.3. The summed E-state index contributed by atoms with van der Waals surface area (Å²) in [5.74, 6) is 1.09. The summed E-state index contributed by atoms with van der Waals surface area (Å²) >= 11 is 3.15. The van der Waals surface area contributed by atoms with E-state index >= 15 is 0 Å². The predicted molar refractivity (Wildman–Crippen MR) is 69.9 cm³/mol. The highest BCUT2D eigenvalue weighted by Crippen LogP contribution is 2.28. The maximum atomic E-state index is 5.38. The van der Waals surface area contributed by atoms with E-state index in [1.54, 1.807) is 11.8 Å². The van der Waals surface area contributed by atoms with Gasteiger partial charge in [0.25, 0.3) is 0 Å². The van der Waals surface area contributed by atoms with Gasteiger partial charge in [0, 0.05) is 18.3 Å². The summed E-state index contributed by atoms with van der Waals surface area (Å²) in [6, 6.07) is 1.05. The van der Waals surface area contributed by atoms with Crippen molar-refractivity contribution in [2.45, 2.75) is 36.6 Å². The van der Waals surface area contributed by atoms with E-state index in [0.717, 1.165) is 22.6 Å². The molecule has 0 radical (unpaired) electrons. The van der Waals surface area contributed by atoms with Crippen molar-refractivity contribution in [1.29, 1.82) is 0 Å². The van der Waals surface area contributed by atoms with Gasteiger partial charge in [-0.1, -0.05) is 30.0 Å². The molecule has 6 heteroatoms. The first kappa shape index (κ1) is 12.1. The van der Waals surface area contributed by atoms with Crippen molar-refractivity contribution in [2.24, 2.45) is 0 Å². The van der Waals surface area contributed by atoms with Crippen molar-refractivity contribution in [3.63, 3.8) is 0 Å². The lowest BCUT2D eigenvalue weighted by Gasteiger charge is -1.87. The number of piperidine rings is 1. The molecule has 2 fully saturated rings. The molecule has 90 valence electrons. The normalized spacial score (nSPS) is 25.8. The van der Waals surface area contributed by atoms with Gasteiger partial charge in [-0.25, -0.2) is 0 Å². The molecule has 0 bridgehead atoms. The van der Waals surface area contributed by atoms with Crippen LogP contribution >= 0.6 is 23.1 Å². The average molecular weight is 258 g/mol. The molecule has 2 saturated heterocycles. The number of aromatic nitrogens is 2. The molecule has 1 aromatic heterocycles. The fourth-order valence-corrected chi connectivity index (χ4v) is 3.33. The van der Waals surface area contributed by atoms with Gasteiger partial charge in [-0.15, -0.1) is 10.2 Å². The van der Waals surface area contributed by atoms with E-state index in [-0.39, 0.29) is 0 Å². The van der Waals surface area contributed by atoms with Gasteiger partial charge in [0.1, 0.15) is 0 Å². The molecule has 3 rings (SSSR count). The molecule has 16 heavy (non-hydrogen) atoms. The van der Waals surface area contributed by atoms with Gasteiger partial charge in [-0.2, -0.15) is 0 Å². The molecule has 0 spiro atoms. The molecule has 0 aromatic carbocycles. The smallest absolute Gasteiger partial charge is 0.203 e. The molecule has 2 aliphatic heterocycles. The van der Waals surface area contributed by atoms with Crippen LogP contribution in [0.4, 0.5) is 5.13 Å². The Morgan fingerprint density at radius 1 is 1.56 bits per heavy atom. The van der Waals surface area contributed by atoms with Crippen LogP contribution in [-0.2, 0) is 0 Å². The van der Waals surface area contributed by atoms with Crippen LogP contribution in [0.15, 0.2) is 4.34 Å². The molecule has 2 atom stereocenters. The maximum Gasteiger partial charge on any atom is 0.203 e. The Balaban J connectivity index is 0.000000134. The van der Waals surface area contributed by atoms with Crippen molar-refractivity contribution in [3.8, 4) is 0 Å². The minimum atomic E-state index is 0.554. The molecular formula is C10H18N4S2. The quantitative estimate of drug-likeness (QED) is 0.664. The van der Waals surface area contributed by atoms with E-state index in [1.165, 1.54) is 37.3 Å². The second kappa shape index (κ2) is 5.84. The van der Waals surface area contributed by atoms with Crippen LogP contribution in [-0.4, -0.2) is 40.0 Å². The molecule has 1 aromatic rings. The van der Waals surface area contributed by atoms with Gasteiger partial charge < -0.3 is 5.73 Å². The maximum absolute atomic E-state index is 5.38. The van der Waals surface area contributed by atoms with Crippen LogP contribution < -0.4 is 5.73 Å². The number of hydrogen-bond acceptors (Lipinski definition) is 6. The van der Waals surface area contributed by atoms with E-state index in [9.17, 15) is 0 Å². The number of nitrogen functional groups attached to an aromatic ring is 1. The number of nitrogens with zero attached hydrogens (tertiary/aromatic N) is 3. The molecule has 3 heterocycles. The van der Waals surface area contributed by atoms with Gasteiger partial charge in [-0.05, 0) is 25.8 Å². The highest BCUT2D eigenvalue weighted by atomic mass is 32.2.